The topological polar surface area (TPSA) is 0 Å². The summed E-state index contributed by atoms with van der Waals surface area (Å²) in [5, 5.41) is 0. The fraction of sp³-hybridized carbons (Fsp3) is 0.133. The van der Waals surface area contributed by atoms with E-state index in [1.165, 1.54) is 16.7 Å². The Labute approximate surface area is 112 Å². The molecule has 2 aromatic rings. The van der Waals surface area contributed by atoms with Gasteiger partial charge in [0.2, 0.25) is 0 Å². The second kappa shape index (κ2) is 5.91. The third-order valence-corrected chi connectivity index (χ3v) is 2.66. The second-order valence-electron chi connectivity index (χ2n) is 3.71. The Hall–Kier alpha value is -1.00. The van der Waals surface area contributed by atoms with E-state index in [1.54, 1.807) is 0 Å². The summed E-state index contributed by atoms with van der Waals surface area (Å²) in [6, 6.07) is 16.9. The zero-order chi connectivity index (χ0) is 10.7. The van der Waals surface area contributed by atoms with Gasteiger partial charge in [-0.25, -0.2) is 0 Å². The van der Waals surface area contributed by atoms with E-state index in [9.17, 15) is 0 Å². The quantitative estimate of drug-likeness (QED) is 0.690. The van der Waals surface area contributed by atoms with E-state index < -0.39 is 0 Å². The molecule has 0 aliphatic rings. The van der Waals surface area contributed by atoms with Gasteiger partial charge in [0, 0.05) is 21.1 Å². The molecule has 2 rings (SSSR count). The fourth-order valence-corrected chi connectivity index (χ4v) is 1.76. The first-order valence-corrected chi connectivity index (χ1v) is 5.31. The van der Waals surface area contributed by atoms with Gasteiger partial charge < -0.3 is 0 Å². The molecule has 0 aliphatic carbocycles. The molecule has 0 atom stereocenters. The van der Waals surface area contributed by atoms with Crippen LogP contribution >= 0.6 is 0 Å². The molecule has 0 nitrogen and oxygen atoms in total. The van der Waals surface area contributed by atoms with Crippen molar-refractivity contribution in [3.63, 3.8) is 0 Å². The van der Waals surface area contributed by atoms with Gasteiger partial charge in [-0.05, 0) is 12.0 Å². The number of benzene rings is 2. The molecular formula is C15H15W-. The summed E-state index contributed by atoms with van der Waals surface area (Å²) < 4.78 is 0. The molecule has 0 radical (unpaired) electrons. The number of hydrogen-bond donors (Lipinski definition) is 0. The summed E-state index contributed by atoms with van der Waals surface area (Å²) in [6.45, 7) is 6.23. The Morgan fingerprint density at radius 3 is 2.44 bits per heavy atom. The van der Waals surface area contributed by atoms with Crippen molar-refractivity contribution < 1.29 is 21.1 Å². The zero-order valence-corrected chi connectivity index (χ0v) is 12.4. The molecule has 0 bridgehead atoms. The van der Waals surface area contributed by atoms with Gasteiger partial charge in [-0.3, -0.25) is 0 Å². The predicted octanol–water partition coefficient (Wildman–Crippen LogP) is 4.10. The van der Waals surface area contributed by atoms with Crippen molar-refractivity contribution >= 4 is 0 Å². The summed E-state index contributed by atoms with van der Waals surface area (Å²) in [5.74, 6) is 0. The van der Waals surface area contributed by atoms with Crippen LogP contribution in [0.3, 0.4) is 0 Å². The molecule has 0 saturated carbocycles. The molecule has 0 heterocycles. The monoisotopic (exact) mass is 379 g/mol. The summed E-state index contributed by atoms with van der Waals surface area (Å²) in [7, 11) is 0. The SMILES string of the molecule is [CH2-]c1ccccc1-c1cccc(CC)c1.[W]. The average molecular weight is 379 g/mol. The summed E-state index contributed by atoms with van der Waals surface area (Å²) >= 11 is 0. The predicted molar refractivity (Wildman–Crippen MR) is 65.7 cm³/mol. The van der Waals surface area contributed by atoms with Crippen molar-refractivity contribution in [2.24, 2.45) is 0 Å². The number of aryl methyl sites for hydroxylation is 1. The summed E-state index contributed by atoms with van der Waals surface area (Å²) in [5.41, 5.74) is 4.95. The van der Waals surface area contributed by atoms with Gasteiger partial charge in [0.25, 0.3) is 0 Å². The van der Waals surface area contributed by atoms with Crippen molar-refractivity contribution in [2.75, 3.05) is 0 Å². The Balaban J connectivity index is 0.00000128. The van der Waals surface area contributed by atoms with E-state index in [0.717, 1.165) is 12.0 Å². The van der Waals surface area contributed by atoms with Gasteiger partial charge in [-0.1, -0.05) is 42.8 Å². The Morgan fingerprint density at radius 2 is 1.75 bits per heavy atom. The normalized spacial score (nSPS) is 9.56. The van der Waals surface area contributed by atoms with Crippen molar-refractivity contribution in [1.29, 1.82) is 0 Å². The van der Waals surface area contributed by atoms with Crippen molar-refractivity contribution in [2.45, 2.75) is 13.3 Å². The third kappa shape index (κ3) is 2.77. The van der Waals surface area contributed by atoms with Crippen LogP contribution in [0, 0.1) is 6.92 Å². The molecule has 1 heteroatoms. The minimum atomic E-state index is 0. The Bertz CT molecular complexity index is 460. The molecule has 0 saturated heterocycles. The maximum Gasteiger partial charge on any atom is 0 e. The van der Waals surface area contributed by atoms with Crippen molar-refractivity contribution in [3.05, 3.63) is 66.6 Å². The molecule has 82 valence electrons. The molecule has 0 aromatic heterocycles. The first kappa shape index (κ1) is 13.1. The molecule has 0 unspecified atom stereocenters. The molecule has 0 amide bonds. The third-order valence-electron chi connectivity index (χ3n) is 2.66. The molecule has 16 heavy (non-hydrogen) atoms. The van der Waals surface area contributed by atoms with Crippen LogP contribution in [0.1, 0.15) is 18.1 Å². The zero-order valence-electron chi connectivity index (χ0n) is 9.44. The van der Waals surface area contributed by atoms with Gasteiger partial charge in [-0.15, -0.1) is 17.7 Å². The van der Waals surface area contributed by atoms with Crippen LogP contribution < -0.4 is 0 Å². The van der Waals surface area contributed by atoms with Crippen LogP contribution in [0.25, 0.3) is 11.1 Å². The van der Waals surface area contributed by atoms with Gasteiger partial charge in [-0.2, -0.15) is 18.6 Å². The van der Waals surface area contributed by atoms with Crippen LogP contribution in [0.4, 0.5) is 0 Å². The van der Waals surface area contributed by atoms with E-state index in [4.69, 9.17) is 0 Å². The largest absolute Gasteiger partial charge is 0.198 e. The van der Waals surface area contributed by atoms with E-state index >= 15 is 0 Å². The second-order valence-corrected chi connectivity index (χ2v) is 3.71. The molecule has 0 aliphatic heterocycles. The number of rotatable bonds is 2. The maximum absolute atomic E-state index is 4.05. The molecular weight excluding hydrogens is 364 g/mol. The Morgan fingerprint density at radius 1 is 1.00 bits per heavy atom. The number of hydrogen-bond acceptors (Lipinski definition) is 0. The maximum atomic E-state index is 4.05. The summed E-state index contributed by atoms with van der Waals surface area (Å²) in [6.07, 6.45) is 1.08. The molecule has 2 aromatic carbocycles. The first-order valence-electron chi connectivity index (χ1n) is 5.31. The van der Waals surface area contributed by atoms with E-state index in [0.29, 0.717) is 0 Å². The van der Waals surface area contributed by atoms with Crippen LogP contribution in [0.5, 0.6) is 0 Å². The minimum Gasteiger partial charge on any atom is -0.198 e. The fourth-order valence-electron chi connectivity index (χ4n) is 1.76. The van der Waals surface area contributed by atoms with Gasteiger partial charge in [0.1, 0.15) is 0 Å². The van der Waals surface area contributed by atoms with Gasteiger partial charge >= 0.3 is 0 Å². The van der Waals surface area contributed by atoms with Gasteiger partial charge in [0.05, 0.1) is 0 Å². The van der Waals surface area contributed by atoms with Crippen molar-refractivity contribution in [1.82, 2.24) is 0 Å². The van der Waals surface area contributed by atoms with E-state index in [2.05, 4.69) is 50.2 Å². The summed E-state index contributed by atoms with van der Waals surface area (Å²) in [4.78, 5) is 0. The van der Waals surface area contributed by atoms with Crippen LogP contribution in [0.15, 0.2) is 48.5 Å². The van der Waals surface area contributed by atoms with E-state index in [-0.39, 0.29) is 21.1 Å². The molecule has 0 fully saturated rings. The standard InChI is InChI=1S/C15H15.W/c1-3-13-8-6-9-14(11-13)15-10-5-4-7-12(15)2;/h4-11H,2-3H2,1H3;/q-1;. The average Bonchev–Trinajstić information content (AvgIpc) is 2.30. The van der Waals surface area contributed by atoms with Crippen LogP contribution in [0.2, 0.25) is 0 Å². The molecule has 0 N–H and O–H groups in total. The molecule has 0 spiro atoms. The smallest absolute Gasteiger partial charge is 0 e. The minimum absolute atomic E-state index is 0. The first-order chi connectivity index (χ1) is 7.31. The Kier molecular flexibility index (Phi) is 4.83. The van der Waals surface area contributed by atoms with E-state index in [1.807, 2.05) is 12.1 Å². The van der Waals surface area contributed by atoms with Gasteiger partial charge in [0.15, 0.2) is 0 Å². The van der Waals surface area contributed by atoms with Crippen molar-refractivity contribution in [3.8, 4) is 11.1 Å². The van der Waals surface area contributed by atoms with Crippen LogP contribution in [-0.4, -0.2) is 0 Å². The van der Waals surface area contributed by atoms with Crippen LogP contribution in [-0.2, 0) is 27.5 Å².